The Morgan fingerprint density at radius 1 is 0.417 bits per heavy atom. The molecule has 0 rings (SSSR count). The SMILES string of the molecule is CCN(CC)P(C#CP(N(CC)CC)N(CC)CC)N(CC)CC. The summed E-state index contributed by atoms with van der Waals surface area (Å²) in [6.45, 7) is 26.6. The predicted octanol–water partition coefficient (Wildman–Crippen LogP) is 4.90. The van der Waals surface area contributed by atoms with E-state index in [0.717, 1.165) is 52.4 Å². The summed E-state index contributed by atoms with van der Waals surface area (Å²) in [7, 11) is -1.04. The highest BCUT2D eigenvalue weighted by atomic mass is 31.1. The molecular formula is C18H40N4P2. The molecule has 0 amide bonds. The molecule has 0 heterocycles. The van der Waals surface area contributed by atoms with Gasteiger partial charge in [0, 0.05) is 52.4 Å². The van der Waals surface area contributed by atoms with Crippen molar-refractivity contribution in [2.45, 2.75) is 55.4 Å². The molecule has 4 nitrogen and oxygen atoms in total. The molecule has 6 heteroatoms. The fraction of sp³-hybridized carbons (Fsp3) is 0.889. The minimum atomic E-state index is -0.522. The van der Waals surface area contributed by atoms with Crippen LogP contribution in [-0.2, 0) is 0 Å². The first-order valence-corrected chi connectivity index (χ1v) is 12.2. The molecule has 0 aromatic carbocycles. The first kappa shape index (κ1) is 24.3. The molecule has 0 radical (unpaired) electrons. The van der Waals surface area contributed by atoms with Gasteiger partial charge < -0.3 is 0 Å². The lowest BCUT2D eigenvalue weighted by atomic mass is 10.7. The summed E-state index contributed by atoms with van der Waals surface area (Å²) in [4.78, 5) is 0. The topological polar surface area (TPSA) is 13.0 Å². The van der Waals surface area contributed by atoms with Crippen LogP contribution in [0.1, 0.15) is 55.4 Å². The van der Waals surface area contributed by atoms with Gasteiger partial charge in [-0.15, -0.1) is 0 Å². The van der Waals surface area contributed by atoms with Gasteiger partial charge in [0.15, 0.2) is 0 Å². The molecule has 0 unspecified atom stereocenters. The van der Waals surface area contributed by atoms with Gasteiger partial charge in [0.2, 0.25) is 0 Å². The van der Waals surface area contributed by atoms with Crippen LogP contribution in [0.15, 0.2) is 0 Å². The summed E-state index contributed by atoms with van der Waals surface area (Å²) in [5.74, 6) is 0. The van der Waals surface area contributed by atoms with Crippen molar-refractivity contribution in [1.82, 2.24) is 18.7 Å². The molecule has 0 bridgehead atoms. The second kappa shape index (κ2) is 14.4. The molecule has 0 fully saturated rings. The van der Waals surface area contributed by atoms with Crippen LogP contribution in [0.4, 0.5) is 0 Å². The van der Waals surface area contributed by atoms with Crippen molar-refractivity contribution in [3.8, 4) is 11.3 Å². The van der Waals surface area contributed by atoms with Crippen LogP contribution in [0.2, 0.25) is 0 Å². The number of nitrogens with zero attached hydrogens (tertiary/aromatic N) is 4. The van der Waals surface area contributed by atoms with E-state index in [0.29, 0.717) is 0 Å². The summed E-state index contributed by atoms with van der Waals surface area (Å²) in [5.41, 5.74) is 7.47. The predicted molar refractivity (Wildman–Crippen MR) is 113 cm³/mol. The molecule has 0 atom stereocenters. The minimum Gasteiger partial charge on any atom is -0.260 e. The lowest BCUT2D eigenvalue weighted by Gasteiger charge is -2.35. The molecule has 0 aliphatic rings. The van der Waals surface area contributed by atoms with Gasteiger partial charge in [-0.1, -0.05) is 55.4 Å². The van der Waals surface area contributed by atoms with Gasteiger partial charge in [-0.25, -0.2) is 0 Å². The minimum absolute atomic E-state index is 0.522. The van der Waals surface area contributed by atoms with E-state index in [2.05, 4.69) is 85.4 Å². The van der Waals surface area contributed by atoms with Gasteiger partial charge in [0.1, 0.15) is 16.4 Å². The van der Waals surface area contributed by atoms with E-state index in [4.69, 9.17) is 0 Å². The first-order chi connectivity index (χ1) is 11.6. The van der Waals surface area contributed by atoms with Gasteiger partial charge in [-0.05, 0) is 11.3 Å². The summed E-state index contributed by atoms with van der Waals surface area (Å²) < 4.78 is 10.1. The highest BCUT2D eigenvalue weighted by molar-refractivity contribution is 7.62. The van der Waals surface area contributed by atoms with E-state index in [1.54, 1.807) is 0 Å². The van der Waals surface area contributed by atoms with E-state index in [-0.39, 0.29) is 0 Å². The van der Waals surface area contributed by atoms with Crippen LogP contribution in [-0.4, -0.2) is 71.0 Å². The summed E-state index contributed by atoms with van der Waals surface area (Å²) in [6.07, 6.45) is 0. The highest BCUT2D eigenvalue weighted by Gasteiger charge is 2.23. The molecule has 0 saturated carbocycles. The van der Waals surface area contributed by atoms with Crippen molar-refractivity contribution in [3.63, 3.8) is 0 Å². The number of hydrogen-bond donors (Lipinski definition) is 0. The van der Waals surface area contributed by atoms with Gasteiger partial charge in [0.25, 0.3) is 0 Å². The molecule has 0 N–H and O–H groups in total. The lowest BCUT2D eigenvalue weighted by molar-refractivity contribution is 0.429. The highest BCUT2D eigenvalue weighted by Crippen LogP contribution is 2.47. The third-order valence-electron chi connectivity index (χ3n) is 4.24. The second-order valence-corrected chi connectivity index (χ2v) is 9.23. The summed E-state index contributed by atoms with van der Waals surface area (Å²) in [5, 5.41) is 0. The fourth-order valence-corrected chi connectivity index (χ4v) is 6.84. The van der Waals surface area contributed by atoms with Gasteiger partial charge in [-0.2, -0.15) is 0 Å². The van der Waals surface area contributed by atoms with Gasteiger partial charge in [0.05, 0.1) is 0 Å². The normalized spacial score (nSPS) is 12.1. The van der Waals surface area contributed by atoms with E-state index in [9.17, 15) is 0 Å². The maximum absolute atomic E-state index is 3.73. The Bertz CT molecular complexity index is 298. The monoisotopic (exact) mass is 374 g/mol. The molecule has 0 aromatic rings. The maximum Gasteiger partial charge on any atom is 0.122 e. The molecule has 0 aliphatic heterocycles. The molecule has 0 spiro atoms. The van der Waals surface area contributed by atoms with E-state index in [1.807, 2.05) is 0 Å². The lowest BCUT2D eigenvalue weighted by Crippen LogP contribution is -2.29. The Morgan fingerprint density at radius 3 is 0.708 bits per heavy atom. The zero-order valence-corrected chi connectivity index (χ0v) is 19.1. The zero-order valence-electron chi connectivity index (χ0n) is 17.3. The molecular weight excluding hydrogens is 334 g/mol. The van der Waals surface area contributed by atoms with Gasteiger partial charge in [-0.3, -0.25) is 18.7 Å². The van der Waals surface area contributed by atoms with E-state index >= 15 is 0 Å². The van der Waals surface area contributed by atoms with Crippen LogP contribution in [0.3, 0.4) is 0 Å². The van der Waals surface area contributed by atoms with E-state index < -0.39 is 16.4 Å². The third-order valence-corrected chi connectivity index (χ3v) is 9.45. The standard InChI is InChI=1S/C18H40N4P2/c1-9-19(10-2)23(20(11-3)12-4)17-18-24(21(13-5)14-6)22(15-7)16-8/h9-16H2,1-8H3. The summed E-state index contributed by atoms with van der Waals surface area (Å²) >= 11 is 0. The van der Waals surface area contributed by atoms with Crippen LogP contribution >= 0.6 is 16.4 Å². The first-order valence-electron chi connectivity index (χ1n) is 9.68. The van der Waals surface area contributed by atoms with Crippen molar-refractivity contribution in [3.05, 3.63) is 0 Å². The smallest absolute Gasteiger partial charge is 0.122 e. The van der Waals surface area contributed by atoms with Crippen LogP contribution in [0.25, 0.3) is 0 Å². The average molecular weight is 374 g/mol. The Kier molecular flexibility index (Phi) is 14.6. The average Bonchev–Trinajstić information content (AvgIpc) is 2.62. The summed E-state index contributed by atoms with van der Waals surface area (Å²) in [6, 6.07) is 0. The molecule has 0 saturated heterocycles. The van der Waals surface area contributed by atoms with Crippen molar-refractivity contribution >= 4 is 16.4 Å². The third kappa shape index (κ3) is 7.25. The Morgan fingerprint density at radius 2 is 0.583 bits per heavy atom. The fourth-order valence-electron chi connectivity index (χ4n) is 2.70. The van der Waals surface area contributed by atoms with Crippen molar-refractivity contribution in [2.75, 3.05) is 52.4 Å². The number of hydrogen-bond acceptors (Lipinski definition) is 4. The quantitative estimate of drug-likeness (QED) is 0.356. The Labute approximate surface area is 154 Å². The Hall–Kier alpha value is 0.260. The van der Waals surface area contributed by atoms with Gasteiger partial charge >= 0.3 is 0 Å². The molecule has 24 heavy (non-hydrogen) atoms. The van der Waals surface area contributed by atoms with Crippen LogP contribution in [0, 0.1) is 11.3 Å². The molecule has 0 aliphatic carbocycles. The van der Waals surface area contributed by atoms with Crippen LogP contribution in [0.5, 0.6) is 0 Å². The zero-order chi connectivity index (χ0) is 18.5. The van der Waals surface area contributed by atoms with Crippen LogP contribution < -0.4 is 0 Å². The Balaban J connectivity index is 5.65. The van der Waals surface area contributed by atoms with E-state index in [1.165, 1.54) is 0 Å². The molecule has 142 valence electrons. The second-order valence-electron chi connectivity index (χ2n) is 5.36. The maximum atomic E-state index is 3.73. The van der Waals surface area contributed by atoms with Crippen molar-refractivity contribution in [2.24, 2.45) is 0 Å². The largest absolute Gasteiger partial charge is 0.260 e. The van der Waals surface area contributed by atoms with Crippen molar-refractivity contribution < 1.29 is 0 Å². The molecule has 0 aromatic heterocycles. The van der Waals surface area contributed by atoms with Crippen molar-refractivity contribution in [1.29, 1.82) is 0 Å². The number of rotatable bonds is 12.